The Hall–Kier alpha value is -3.39. The maximum atomic E-state index is 13.3. The van der Waals surface area contributed by atoms with Gasteiger partial charge in [-0.2, -0.15) is 5.10 Å². The predicted octanol–water partition coefficient (Wildman–Crippen LogP) is 4.52. The van der Waals surface area contributed by atoms with Crippen molar-refractivity contribution in [2.24, 2.45) is 0 Å². The molecule has 0 aliphatic heterocycles. The van der Waals surface area contributed by atoms with Gasteiger partial charge in [-0.1, -0.05) is 24.3 Å². The van der Waals surface area contributed by atoms with Gasteiger partial charge in [0.1, 0.15) is 5.75 Å². The molecular formula is C23H24N4O3S. The third-order valence-electron chi connectivity index (χ3n) is 5.00. The first-order chi connectivity index (χ1) is 14.8. The molecule has 0 amide bonds. The summed E-state index contributed by atoms with van der Waals surface area (Å²) in [5.74, 6) is 0.486. The monoisotopic (exact) mass is 436 g/mol. The van der Waals surface area contributed by atoms with Gasteiger partial charge in [0.2, 0.25) is 0 Å². The highest BCUT2D eigenvalue weighted by atomic mass is 32.2. The second-order valence-electron chi connectivity index (χ2n) is 7.35. The van der Waals surface area contributed by atoms with Crippen LogP contribution in [0.15, 0.2) is 59.6 Å². The fraction of sp³-hybridized carbons (Fsp3) is 0.217. The number of rotatable bonds is 6. The van der Waals surface area contributed by atoms with Crippen LogP contribution in [0, 0.1) is 20.8 Å². The highest BCUT2D eigenvalue weighted by Gasteiger charge is 2.21. The summed E-state index contributed by atoms with van der Waals surface area (Å²) in [6.45, 7) is 7.95. The fourth-order valence-electron chi connectivity index (χ4n) is 3.56. The highest BCUT2D eigenvalue weighted by molar-refractivity contribution is 7.92. The summed E-state index contributed by atoms with van der Waals surface area (Å²) in [5.41, 5.74) is 5.08. The van der Waals surface area contributed by atoms with E-state index in [1.54, 1.807) is 54.0 Å². The molecule has 2 aromatic heterocycles. The van der Waals surface area contributed by atoms with E-state index in [-0.39, 0.29) is 4.90 Å². The molecule has 4 rings (SSSR count). The molecule has 2 heterocycles. The van der Waals surface area contributed by atoms with Gasteiger partial charge in [0, 0.05) is 17.0 Å². The van der Waals surface area contributed by atoms with Crippen molar-refractivity contribution in [3.8, 4) is 16.9 Å². The van der Waals surface area contributed by atoms with Gasteiger partial charge < -0.3 is 4.74 Å². The van der Waals surface area contributed by atoms with Crippen LogP contribution in [0.4, 0.5) is 5.69 Å². The minimum atomic E-state index is -3.85. The standard InChI is InChI=1S/C23H24N4O3S/c1-5-30-21-9-7-6-8-20(21)26-31(28,29)22-13-18(11-10-15(22)2)19-14-24-27-17(4)12-16(3)25-23(19)27/h6-14,26H,5H2,1-4H3. The summed E-state index contributed by atoms with van der Waals surface area (Å²) in [7, 11) is -3.85. The molecule has 0 saturated carbocycles. The number of fused-ring (bicyclic) bond motifs is 1. The number of para-hydroxylation sites is 2. The van der Waals surface area contributed by atoms with Crippen molar-refractivity contribution in [1.82, 2.24) is 14.6 Å². The fourth-order valence-corrected chi connectivity index (χ4v) is 4.91. The lowest BCUT2D eigenvalue weighted by Crippen LogP contribution is -2.15. The van der Waals surface area contributed by atoms with E-state index in [2.05, 4.69) is 14.8 Å². The molecule has 2 aromatic carbocycles. The zero-order valence-electron chi connectivity index (χ0n) is 17.9. The molecule has 0 unspecified atom stereocenters. The van der Waals surface area contributed by atoms with Crippen molar-refractivity contribution in [3.63, 3.8) is 0 Å². The van der Waals surface area contributed by atoms with Crippen LogP contribution in [0.5, 0.6) is 5.75 Å². The molecule has 8 heteroatoms. The van der Waals surface area contributed by atoms with E-state index in [9.17, 15) is 8.42 Å². The molecule has 0 spiro atoms. The van der Waals surface area contributed by atoms with Crippen molar-refractivity contribution < 1.29 is 13.2 Å². The number of aromatic nitrogens is 3. The van der Waals surface area contributed by atoms with Gasteiger partial charge >= 0.3 is 0 Å². The van der Waals surface area contributed by atoms with Crippen LogP contribution in [0.1, 0.15) is 23.9 Å². The predicted molar refractivity (Wildman–Crippen MR) is 121 cm³/mol. The lowest BCUT2D eigenvalue weighted by Gasteiger charge is -2.14. The van der Waals surface area contributed by atoms with E-state index in [1.807, 2.05) is 32.9 Å². The Labute approximate surface area is 181 Å². The van der Waals surface area contributed by atoms with E-state index in [0.29, 0.717) is 29.3 Å². The molecule has 0 aliphatic rings. The number of nitrogens with one attached hydrogen (secondary N) is 1. The molecule has 0 saturated heterocycles. The number of hydrogen-bond acceptors (Lipinski definition) is 5. The summed E-state index contributed by atoms with van der Waals surface area (Å²) in [5, 5.41) is 4.42. The molecule has 4 aromatic rings. The first kappa shape index (κ1) is 20.9. The van der Waals surface area contributed by atoms with Gasteiger partial charge in [-0.25, -0.2) is 17.9 Å². The van der Waals surface area contributed by atoms with Crippen molar-refractivity contribution in [2.45, 2.75) is 32.6 Å². The lowest BCUT2D eigenvalue weighted by atomic mass is 10.1. The van der Waals surface area contributed by atoms with Crippen molar-refractivity contribution in [2.75, 3.05) is 11.3 Å². The van der Waals surface area contributed by atoms with Gasteiger partial charge in [0.25, 0.3) is 10.0 Å². The minimum absolute atomic E-state index is 0.194. The quantitative estimate of drug-likeness (QED) is 0.480. The summed E-state index contributed by atoms with van der Waals surface area (Å²) in [6.07, 6.45) is 1.72. The number of hydrogen-bond donors (Lipinski definition) is 1. The van der Waals surface area contributed by atoms with Gasteiger partial charge in [0.05, 0.1) is 23.4 Å². The average Bonchev–Trinajstić information content (AvgIpc) is 3.14. The smallest absolute Gasteiger partial charge is 0.262 e. The summed E-state index contributed by atoms with van der Waals surface area (Å²) >= 11 is 0. The number of anilines is 1. The average molecular weight is 437 g/mol. The highest BCUT2D eigenvalue weighted by Crippen LogP contribution is 2.31. The first-order valence-corrected chi connectivity index (χ1v) is 11.5. The van der Waals surface area contributed by atoms with E-state index >= 15 is 0 Å². The molecule has 0 bridgehead atoms. The summed E-state index contributed by atoms with van der Waals surface area (Å²) in [6, 6.07) is 14.3. The number of nitrogens with zero attached hydrogens (tertiary/aromatic N) is 3. The zero-order valence-corrected chi connectivity index (χ0v) is 18.7. The van der Waals surface area contributed by atoms with Crippen molar-refractivity contribution in [3.05, 3.63) is 71.7 Å². The second-order valence-corrected chi connectivity index (χ2v) is 9.00. The van der Waals surface area contributed by atoms with Crippen molar-refractivity contribution >= 4 is 21.4 Å². The van der Waals surface area contributed by atoms with Gasteiger partial charge in [0.15, 0.2) is 5.65 Å². The Morgan fingerprint density at radius 3 is 2.61 bits per heavy atom. The largest absolute Gasteiger partial charge is 0.492 e. The van der Waals surface area contributed by atoms with Crippen LogP contribution in [-0.4, -0.2) is 29.6 Å². The number of ether oxygens (including phenoxy) is 1. The lowest BCUT2D eigenvalue weighted by molar-refractivity contribution is 0.342. The molecule has 31 heavy (non-hydrogen) atoms. The topological polar surface area (TPSA) is 85.6 Å². The zero-order chi connectivity index (χ0) is 22.2. The Morgan fingerprint density at radius 1 is 1.06 bits per heavy atom. The van der Waals surface area contributed by atoms with E-state index < -0.39 is 10.0 Å². The van der Waals surface area contributed by atoms with E-state index in [4.69, 9.17) is 4.74 Å². The number of sulfonamides is 1. The van der Waals surface area contributed by atoms with Crippen LogP contribution in [0.3, 0.4) is 0 Å². The Morgan fingerprint density at radius 2 is 1.84 bits per heavy atom. The molecule has 7 nitrogen and oxygen atoms in total. The second kappa shape index (κ2) is 8.03. The number of benzene rings is 2. The van der Waals surface area contributed by atoms with Gasteiger partial charge in [-0.15, -0.1) is 0 Å². The van der Waals surface area contributed by atoms with Crippen molar-refractivity contribution in [1.29, 1.82) is 0 Å². The summed E-state index contributed by atoms with van der Waals surface area (Å²) < 4.78 is 36.5. The Balaban J connectivity index is 1.79. The molecule has 0 aliphatic carbocycles. The minimum Gasteiger partial charge on any atom is -0.492 e. The molecule has 160 valence electrons. The molecular weight excluding hydrogens is 412 g/mol. The SMILES string of the molecule is CCOc1ccccc1NS(=O)(=O)c1cc(-c2cnn3c(C)cc(C)nc23)ccc1C. The Bertz CT molecular complexity index is 1380. The first-order valence-electron chi connectivity index (χ1n) is 9.98. The van der Waals surface area contributed by atoms with Gasteiger partial charge in [-0.3, -0.25) is 4.72 Å². The third-order valence-corrected chi connectivity index (χ3v) is 6.51. The normalized spacial score (nSPS) is 11.6. The van der Waals surface area contributed by atoms with Crippen LogP contribution in [0.25, 0.3) is 16.8 Å². The van der Waals surface area contributed by atoms with Gasteiger partial charge in [-0.05, 0) is 63.1 Å². The molecule has 1 N–H and O–H groups in total. The summed E-state index contributed by atoms with van der Waals surface area (Å²) in [4.78, 5) is 4.80. The van der Waals surface area contributed by atoms with E-state index in [1.165, 1.54) is 0 Å². The Kier molecular flexibility index (Phi) is 5.41. The van der Waals surface area contributed by atoms with Crippen LogP contribution in [0.2, 0.25) is 0 Å². The van der Waals surface area contributed by atoms with Crippen LogP contribution >= 0.6 is 0 Å². The molecule has 0 atom stereocenters. The molecule has 0 fully saturated rings. The molecule has 0 radical (unpaired) electrons. The van der Waals surface area contributed by atoms with E-state index in [0.717, 1.165) is 22.5 Å². The third kappa shape index (κ3) is 3.98. The maximum absolute atomic E-state index is 13.3. The van der Waals surface area contributed by atoms with Crippen LogP contribution < -0.4 is 9.46 Å². The van der Waals surface area contributed by atoms with Crippen LogP contribution in [-0.2, 0) is 10.0 Å². The number of aryl methyl sites for hydroxylation is 3. The maximum Gasteiger partial charge on any atom is 0.262 e.